The first-order valence-electron chi connectivity index (χ1n) is 4.20. The Labute approximate surface area is 72.5 Å². The van der Waals surface area contributed by atoms with E-state index in [0.717, 1.165) is 6.42 Å². The van der Waals surface area contributed by atoms with Crippen LogP contribution in [0.5, 0.6) is 0 Å². The number of benzene rings is 1. The molecule has 0 amide bonds. The van der Waals surface area contributed by atoms with E-state index >= 15 is 0 Å². The number of hydrogen-bond acceptors (Lipinski definition) is 1. The van der Waals surface area contributed by atoms with Gasteiger partial charge in [-0.2, -0.15) is 0 Å². The van der Waals surface area contributed by atoms with Crippen LogP contribution in [0.15, 0.2) is 47.6 Å². The molecule has 1 nitrogen and oxygen atoms in total. The van der Waals surface area contributed by atoms with E-state index < -0.39 is 0 Å². The summed E-state index contributed by atoms with van der Waals surface area (Å²) < 4.78 is 0. The van der Waals surface area contributed by atoms with Crippen molar-refractivity contribution < 1.29 is 0 Å². The number of rotatable bonds is 1. The van der Waals surface area contributed by atoms with E-state index in [1.165, 1.54) is 5.56 Å². The summed E-state index contributed by atoms with van der Waals surface area (Å²) in [5, 5.41) is 0. The van der Waals surface area contributed by atoms with Crippen LogP contribution in [0.2, 0.25) is 0 Å². The molecule has 60 valence electrons. The van der Waals surface area contributed by atoms with Crippen LogP contribution in [-0.4, -0.2) is 6.21 Å². The lowest BCUT2D eigenvalue weighted by atomic mass is 9.96. The lowest BCUT2D eigenvalue weighted by Gasteiger charge is -2.11. The van der Waals surface area contributed by atoms with Gasteiger partial charge in [-0.25, -0.2) is 0 Å². The van der Waals surface area contributed by atoms with E-state index in [-0.39, 0.29) is 0 Å². The fraction of sp³-hybridized carbons (Fsp3) is 0.182. The van der Waals surface area contributed by atoms with Crippen molar-refractivity contribution in [3.05, 3.63) is 48.2 Å². The summed E-state index contributed by atoms with van der Waals surface area (Å²) in [5.41, 5.74) is 1.35. The Morgan fingerprint density at radius 3 is 2.67 bits per heavy atom. The molecule has 0 fully saturated rings. The molecule has 2 rings (SSSR count). The average Bonchev–Trinajstić information content (AvgIpc) is 2.21. The lowest BCUT2D eigenvalue weighted by molar-refractivity contribution is 0.909. The molecule has 1 aliphatic rings. The molecular weight excluding hydrogens is 146 g/mol. The van der Waals surface area contributed by atoms with Gasteiger partial charge in [-0.3, -0.25) is 4.99 Å². The van der Waals surface area contributed by atoms with Crippen LogP contribution in [-0.2, 0) is 0 Å². The fourth-order valence-corrected chi connectivity index (χ4v) is 1.41. The molecule has 1 aromatic rings. The predicted molar refractivity (Wildman–Crippen MR) is 51.4 cm³/mol. The minimum atomic E-state index is 0.483. The summed E-state index contributed by atoms with van der Waals surface area (Å²) in [6.07, 6.45) is 7.06. The lowest BCUT2D eigenvalue weighted by Crippen LogP contribution is -2.00. The van der Waals surface area contributed by atoms with Crippen LogP contribution < -0.4 is 0 Å². The molecule has 12 heavy (non-hydrogen) atoms. The maximum atomic E-state index is 4.13. The predicted octanol–water partition coefficient (Wildman–Crippen LogP) is 2.76. The number of hydrogen-bond donors (Lipinski definition) is 0. The molecule has 1 heterocycles. The van der Waals surface area contributed by atoms with E-state index in [0.29, 0.717) is 5.92 Å². The van der Waals surface area contributed by atoms with E-state index in [2.05, 4.69) is 35.3 Å². The highest BCUT2D eigenvalue weighted by Crippen LogP contribution is 2.19. The largest absolute Gasteiger partial charge is 0.269 e. The number of allylic oxidation sites excluding steroid dienone is 1. The van der Waals surface area contributed by atoms with Crippen LogP contribution in [0.4, 0.5) is 0 Å². The van der Waals surface area contributed by atoms with Gasteiger partial charge in [0.1, 0.15) is 0 Å². The number of nitrogens with zero attached hydrogens (tertiary/aromatic N) is 1. The quantitative estimate of drug-likeness (QED) is 0.594. The molecule has 0 saturated carbocycles. The Hall–Kier alpha value is -1.37. The molecule has 1 atom stereocenters. The van der Waals surface area contributed by atoms with Gasteiger partial charge >= 0.3 is 0 Å². The maximum absolute atomic E-state index is 4.13. The monoisotopic (exact) mass is 157 g/mol. The molecule has 0 radical (unpaired) electrons. The van der Waals surface area contributed by atoms with Crippen molar-refractivity contribution in [3.8, 4) is 0 Å². The maximum Gasteiger partial charge on any atom is 0.0228 e. The minimum absolute atomic E-state index is 0.483. The highest BCUT2D eigenvalue weighted by molar-refractivity contribution is 5.69. The fourth-order valence-electron chi connectivity index (χ4n) is 1.41. The van der Waals surface area contributed by atoms with Gasteiger partial charge in [0.25, 0.3) is 0 Å². The third kappa shape index (κ3) is 1.45. The van der Waals surface area contributed by atoms with Gasteiger partial charge in [0.15, 0.2) is 0 Å². The van der Waals surface area contributed by atoms with E-state index in [9.17, 15) is 0 Å². The number of aliphatic imine (C=N–C) groups is 1. The Morgan fingerprint density at radius 1 is 1.17 bits per heavy atom. The van der Waals surface area contributed by atoms with Crippen LogP contribution >= 0.6 is 0 Å². The molecular formula is C11H11N. The molecule has 1 unspecified atom stereocenters. The van der Waals surface area contributed by atoms with Gasteiger partial charge in [0.2, 0.25) is 0 Å². The van der Waals surface area contributed by atoms with Crippen molar-refractivity contribution in [2.45, 2.75) is 12.3 Å². The zero-order valence-electron chi connectivity index (χ0n) is 6.85. The molecule has 1 heteroatoms. The molecule has 0 N–H and O–H groups in total. The van der Waals surface area contributed by atoms with Crippen molar-refractivity contribution in [2.24, 2.45) is 4.99 Å². The van der Waals surface area contributed by atoms with Crippen LogP contribution in [0.25, 0.3) is 0 Å². The van der Waals surface area contributed by atoms with Gasteiger partial charge in [0, 0.05) is 18.3 Å². The summed E-state index contributed by atoms with van der Waals surface area (Å²) >= 11 is 0. The third-order valence-electron chi connectivity index (χ3n) is 2.08. The van der Waals surface area contributed by atoms with Crippen LogP contribution in [0.3, 0.4) is 0 Å². The molecule has 0 spiro atoms. The normalized spacial score (nSPS) is 21.2. The zero-order chi connectivity index (χ0) is 8.23. The van der Waals surface area contributed by atoms with Crippen LogP contribution in [0.1, 0.15) is 17.9 Å². The summed E-state index contributed by atoms with van der Waals surface area (Å²) in [5.74, 6) is 0.483. The van der Waals surface area contributed by atoms with Gasteiger partial charge in [-0.1, -0.05) is 36.4 Å². The Morgan fingerprint density at radius 2 is 2.00 bits per heavy atom. The average molecular weight is 157 g/mol. The summed E-state index contributed by atoms with van der Waals surface area (Å²) in [6, 6.07) is 10.5. The summed E-state index contributed by atoms with van der Waals surface area (Å²) in [4.78, 5) is 4.13. The molecule has 0 aromatic heterocycles. The van der Waals surface area contributed by atoms with Crippen molar-refractivity contribution >= 4 is 6.21 Å². The molecule has 1 aromatic carbocycles. The first-order chi connectivity index (χ1) is 5.97. The van der Waals surface area contributed by atoms with E-state index in [1.54, 1.807) is 0 Å². The smallest absolute Gasteiger partial charge is 0.0228 e. The first-order valence-corrected chi connectivity index (χ1v) is 4.20. The first kappa shape index (κ1) is 7.29. The Balaban J connectivity index is 2.21. The van der Waals surface area contributed by atoms with E-state index in [1.807, 2.05) is 18.5 Å². The van der Waals surface area contributed by atoms with E-state index in [4.69, 9.17) is 0 Å². The molecule has 0 aliphatic carbocycles. The van der Waals surface area contributed by atoms with Crippen molar-refractivity contribution in [1.29, 1.82) is 0 Å². The third-order valence-corrected chi connectivity index (χ3v) is 2.08. The van der Waals surface area contributed by atoms with Crippen molar-refractivity contribution in [2.75, 3.05) is 0 Å². The van der Waals surface area contributed by atoms with Crippen molar-refractivity contribution in [1.82, 2.24) is 0 Å². The molecule has 0 bridgehead atoms. The SMILES string of the molecule is C1=CN=CC(c2ccccc2)C1. The summed E-state index contributed by atoms with van der Waals surface area (Å²) in [6.45, 7) is 0. The van der Waals surface area contributed by atoms with Gasteiger partial charge in [-0.05, 0) is 12.0 Å². The molecule has 1 aliphatic heterocycles. The highest BCUT2D eigenvalue weighted by Gasteiger charge is 2.07. The van der Waals surface area contributed by atoms with Gasteiger partial charge < -0.3 is 0 Å². The zero-order valence-corrected chi connectivity index (χ0v) is 6.85. The van der Waals surface area contributed by atoms with Gasteiger partial charge in [-0.15, -0.1) is 0 Å². The minimum Gasteiger partial charge on any atom is -0.269 e. The standard InChI is InChI=1S/C11H11N/c1-2-5-10(6-3-1)11-7-4-8-12-9-11/h1-6,8-9,11H,7H2. The second kappa shape index (κ2) is 3.35. The van der Waals surface area contributed by atoms with Crippen molar-refractivity contribution in [3.63, 3.8) is 0 Å². The summed E-state index contributed by atoms with van der Waals surface area (Å²) in [7, 11) is 0. The second-order valence-electron chi connectivity index (χ2n) is 2.94. The Bertz CT molecular complexity index is 298. The Kier molecular flexibility index (Phi) is 2.04. The van der Waals surface area contributed by atoms with Gasteiger partial charge in [0.05, 0.1) is 0 Å². The topological polar surface area (TPSA) is 12.4 Å². The highest BCUT2D eigenvalue weighted by atomic mass is 14.7. The van der Waals surface area contributed by atoms with Crippen LogP contribution in [0, 0.1) is 0 Å². The second-order valence-corrected chi connectivity index (χ2v) is 2.94. The molecule has 0 saturated heterocycles.